The second-order valence-corrected chi connectivity index (χ2v) is 7.42. The van der Waals surface area contributed by atoms with Crippen LogP contribution in [0.2, 0.25) is 0 Å². The van der Waals surface area contributed by atoms with Gasteiger partial charge in [-0.15, -0.1) is 0 Å². The van der Waals surface area contributed by atoms with Gasteiger partial charge in [0, 0.05) is 32.7 Å². The van der Waals surface area contributed by atoms with Gasteiger partial charge in [-0.05, 0) is 37.8 Å². The summed E-state index contributed by atoms with van der Waals surface area (Å²) in [5.74, 6) is 1.18. The highest BCUT2D eigenvalue weighted by Gasteiger charge is 2.43. The number of amides is 1. The molecule has 1 heterocycles. The van der Waals surface area contributed by atoms with E-state index in [1.807, 2.05) is 37.3 Å². The maximum Gasteiger partial charge on any atom is 0.235 e. The Kier molecular flexibility index (Phi) is 6.12. The van der Waals surface area contributed by atoms with Gasteiger partial charge in [0.25, 0.3) is 0 Å². The van der Waals surface area contributed by atoms with E-state index < -0.39 is 5.54 Å². The van der Waals surface area contributed by atoms with Gasteiger partial charge in [-0.1, -0.05) is 18.2 Å². The van der Waals surface area contributed by atoms with E-state index in [-0.39, 0.29) is 5.91 Å². The molecule has 0 radical (unpaired) electrons. The molecule has 1 N–H and O–H groups in total. The molecule has 1 aliphatic heterocycles. The number of rotatable bonds is 8. The molecule has 1 aromatic rings. The SMILES string of the molecule is C[C@@](C#N)(NC(=O)CN1CCN(CCOc2ccccc2)CC1)C1CC1. The zero-order valence-electron chi connectivity index (χ0n) is 15.5. The molecular weight excluding hydrogens is 328 g/mol. The van der Waals surface area contributed by atoms with E-state index in [1.54, 1.807) is 0 Å². The number of hydrogen-bond donors (Lipinski definition) is 1. The van der Waals surface area contributed by atoms with E-state index in [1.165, 1.54) is 0 Å². The molecule has 3 rings (SSSR count). The lowest BCUT2D eigenvalue weighted by Crippen LogP contribution is -2.53. The van der Waals surface area contributed by atoms with Crippen LogP contribution in [0.15, 0.2) is 30.3 Å². The van der Waals surface area contributed by atoms with Crippen LogP contribution in [-0.2, 0) is 4.79 Å². The molecule has 26 heavy (non-hydrogen) atoms. The van der Waals surface area contributed by atoms with E-state index in [0.29, 0.717) is 19.1 Å². The highest BCUT2D eigenvalue weighted by atomic mass is 16.5. The first-order valence-corrected chi connectivity index (χ1v) is 9.44. The molecule has 1 atom stereocenters. The van der Waals surface area contributed by atoms with Gasteiger partial charge in [0.05, 0.1) is 12.6 Å². The van der Waals surface area contributed by atoms with Crippen LogP contribution in [0.4, 0.5) is 0 Å². The first-order valence-electron chi connectivity index (χ1n) is 9.44. The topological polar surface area (TPSA) is 68.6 Å². The molecule has 1 aromatic carbocycles. The van der Waals surface area contributed by atoms with Crippen molar-refractivity contribution in [1.29, 1.82) is 5.26 Å². The van der Waals surface area contributed by atoms with E-state index in [0.717, 1.165) is 51.3 Å². The molecule has 2 aliphatic rings. The number of carbonyl (C=O) groups excluding carboxylic acids is 1. The lowest BCUT2D eigenvalue weighted by Gasteiger charge is -2.34. The summed E-state index contributed by atoms with van der Waals surface area (Å²) in [5, 5.41) is 12.3. The maximum absolute atomic E-state index is 12.3. The third kappa shape index (κ3) is 5.20. The third-order valence-corrected chi connectivity index (χ3v) is 5.28. The fraction of sp³-hybridized carbons (Fsp3) is 0.600. The molecule has 0 unspecified atom stereocenters. The summed E-state index contributed by atoms with van der Waals surface area (Å²) in [6.45, 7) is 7.38. The first-order chi connectivity index (χ1) is 12.6. The predicted molar refractivity (Wildman–Crippen MR) is 99.7 cm³/mol. The number of para-hydroxylation sites is 1. The van der Waals surface area contributed by atoms with Gasteiger partial charge in [0.15, 0.2) is 0 Å². The Balaban J connectivity index is 1.33. The first kappa shape index (κ1) is 18.7. The standard InChI is InChI=1S/C20H28N4O2/c1-20(16-21,17-7-8-17)22-19(25)15-24-11-9-23(10-12-24)13-14-26-18-5-3-2-4-6-18/h2-6,17H,7-15H2,1H3,(H,22,25)/t20-/m0/s1. The second kappa shape index (κ2) is 8.52. The van der Waals surface area contributed by atoms with E-state index >= 15 is 0 Å². The van der Waals surface area contributed by atoms with Crippen molar-refractivity contribution in [2.75, 3.05) is 45.9 Å². The molecule has 6 nitrogen and oxygen atoms in total. The summed E-state index contributed by atoms with van der Waals surface area (Å²) in [6, 6.07) is 12.1. The van der Waals surface area contributed by atoms with Crippen molar-refractivity contribution in [3.8, 4) is 11.8 Å². The number of benzene rings is 1. The van der Waals surface area contributed by atoms with Gasteiger partial charge in [-0.25, -0.2) is 0 Å². The Bertz CT molecular complexity index is 633. The molecule has 1 aliphatic carbocycles. The van der Waals surface area contributed by atoms with Gasteiger partial charge in [0.2, 0.25) is 5.91 Å². The van der Waals surface area contributed by atoms with Gasteiger partial charge >= 0.3 is 0 Å². The van der Waals surface area contributed by atoms with Crippen LogP contribution in [0.1, 0.15) is 19.8 Å². The molecule has 1 amide bonds. The van der Waals surface area contributed by atoms with Crippen LogP contribution in [0, 0.1) is 17.2 Å². The Morgan fingerprint density at radius 3 is 2.50 bits per heavy atom. The number of piperazine rings is 1. The monoisotopic (exact) mass is 356 g/mol. The normalized spacial score (nSPS) is 20.8. The summed E-state index contributed by atoms with van der Waals surface area (Å²) >= 11 is 0. The average Bonchev–Trinajstić information content (AvgIpc) is 3.50. The molecule has 0 bridgehead atoms. The minimum Gasteiger partial charge on any atom is -0.492 e. The minimum absolute atomic E-state index is 0.0400. The summed E-state index contributed by atoms with van der Waals surface area (Å²) in [5.41, 5.74) is -0.701. The highest BCUT2D eigenvalue weighted by Crippen LogP contribution is 2.39. The maximum atomic E-state index is 12.3. The highest BCUT2D eigenvalue weighted by molar-refractivity contribution is 5.79. The number of carbonyl (C=O) groups is 1. The van der Waals surface area contributed by atoms with Crippen molar-refractivity contribution in [1.82, 2.24) is 15.1 Å². The smallest absolute Gasteiger partial charge is 0.235 e. The minimum atomic E-state index is -0.701. The third-order valence-electron chi connectivity index (χ3n) is 5.28. The van der Waals surface area contributed by atoms with Crippen molar-refractivity contribution in [3.05, 3.63) is 30.3 Å². The van der Waals surface area contributed by atoms with E-state index in [2.05, 4.69) is 21.2 Å². The Morgan fingerprint density at radius 1 is 1.23 bits per heavy atom. The summed E-state index contributed by atoms with van der Waals surface area (Å²) < 4.78 is 5.75. The van der Waals surface area contributed by atoms with Crippen LogP contribution in [-0.4, -0.2) is 67.1 Å². The average molecular weight is 356 g/mol. The van der Waals surface area contributed by atoms with Crippen molar-refractivity contribution < 1.29 is 9.53 Å². The summed E-state index contributed by atoms with van der Waals surface area (Å²) in [6.07, 6.45) is 2.07. The lowest BCUT2D eigenvalue weighted by atomic mass is 9.98. The van der Waals surface area contributed by atoms with Gasteiger partial charge in [-0.3, -0.25) is 14.6 Å². The van der Waals surface area contributed by atoms with Crippen LogP contribution >= 0.6 is 0 Å². The molecule has 1 saturated carbocycles. The van der Waals surface area contributed by atoms with Gasteiger partial charge in [-0.2, -0.15) is 5.26 Å². The quantitative estimate of drug-likeness (QED) is 0.764. The van der Waals surface area contributed by atoms with Crippen molar-refractivity contribution in [3.63, 3.8) is 0 Å². The zero-order valence-corrected chi connectivity index (χ0v) is 15.5. The van der Waals surface area contributed by atoms with Gasteiger partial charge in [0.1, 0.15) is 17.9 Å². The van der Waals surface area contributed by atoms with Crippen molar-refractivity contribution in [2.45, 2.75) is 25.3 Å². The molecule has 6 heteroatoms. The number of hydrogen-bond acceptors (Lipinski definition) is 5. The predicted octanol–water partition coefficient (Wildman–Crippen LogP) is 1.49. The molecular formula is C20H28N4O2. The summed E-state index contributed by atoms with van der Waals surface area (Å²) in [4.78, 5) is 16.8. The zero-order chi connectivity index (χ0) is 18.4. The van der Waals surface area contributed by atoms with E-state index in [9.17, 15) is 10.1 Å². The van der Waals surface area contributed by atoms with Gasteiger partial charge < -0.3 is 10.1 Å². The number of nitriles is 1. The van der Waals surface area contributed by atoms with Crippen LogP contribution in [0.5, 0.6) is 5.75 Å². The molecule has 0 aromatic heterocycles. The van der Waals surface area contributed by atoms with E-state index in [4.69, 9.17) is 4.74 Å². The van der Waals surface area contributed by atoms with Crippen molar-refractivity contribution >= 4 is 5.91 Å². The Hall–Kier alpha value is -2.10. The Morgan fingerprint density at radius 2 is 1.88 bits per heavy atom. The number of ether oxygens (including phenoxy) is 1. The summed E-state index contributed by atoms with van der Waals surface area (Å²) in [7, 11) is 0. The lowest BCUT2D eigenvalue weighted by molar-refractivity contribution is -0.124. The number of nitrogens with one attached hydrogen (secondary N) is 1. The molecule has 1 saturated heterocycles. The molecule has 140 valence electrons. The largest absolute Gasteiger partial charge is 0.492 e. The molecule has 2 fully saturated rings. The Labute approximate surface area is 155 Å². The number of nitrogens with zero attached hydrogens (tertiary/aromatic N) is 3. The van der Waals surface area contributed by atoms with Crippen LogP contribution in [0.3, 0.4) is 0 Å². The van der Waals surface area contributed by atoms with Crippen molar-refractivity contribution in [2.24, 2.45) is 5.92 Å². The fourth-order valence-electron chi connectivity index (χ4n) is 3.39. The van der Waals surface area contributed by atoms with Crippen LogP contribution in [0.25, 0.3) is 0 Å². The van der Waals surface area contributed by atoms with Crippen LogP contribution < -0.4 is 10.1 Å². The molecule has 0 spiro atoms. The second-order valence-electron chi connectivity index (χ2n) is 7.42. The fourth-order valence-corrected chi connectivity index (χ4v) is 3.39.